The molecule has 2 atom stereocenters. The van der Waals surface area contributed by atoms with Crippen LogP contribution < -0.4 is 20.9 Å². The fraction of sp³-hybridized carbons (Fsp3) is 0.629. The van der Waals surface area contributed by atoms with Gasteiger partial charge in [-0.15, -0.1) is 0 Å². The molecule has 2 fully saturated rings. The molecule has 3 rings (SSSR count). The summed E-state index contributed by atoms with van der Waals surface area (Å²) in [5.41, 5.74) is 1.09. The number of rotatable bonds is 20. The number of benzene rings is 1. The topological polar surface area (TPSA) is 162 Å². The van der Waals surface area contributed by atoms with Gasteiger partial charge in [-0.1, -0.05) is 13.3 Å². The van der Waals surface area contributed by atoms with Crippen molar-refractivity contribution in [2.45, 2.75) is 75.2 Å². The smallest absolute Gasteiger partial charge is 0.247 e. The number of imide groups is 2. The third-order valence-corrected chi connectivity index (χ3v) is 9.99. The first kappa shape index (κ1) is 40.1. The minimum atomic E-state index is -0.312. The molecule has 1 aromatic carbocycles. The Bertz CT molecular complexity index is 1330. The van der Waals surface area contributed by atoms with E-state index in [0.717, 1.165) is 25.8 Å². The normalized spacial score (nSPS) is 17.7. The van der Waals surface area contributed by atoms with Crippen molar-refractivity contribution in [3.05, 3.63) is 29.8 Å². The summed E-state index contributed by atoms with van der Waals surface area (Å²) in [5.74, 6) is 0.0385. The summed E-state index contributed by atoms with van der Waals surface area (Å²) in [6.07, 6.45) is 10.3. The number of nitrogens with zero attached hydrogens (tertiary/aromatic N) is 2. The van der Waals surface area contributed by atoms with Crippen LogP contribution in [-0.4, -0.2) is 121 Å². The molecule has 0 aromatic heterocycles. The molecule has 1 aromatic rings. The largest absolute Gasteiger partial charge is 0.356 e. The van der Waals surface area contributed by atoms with Crippen molar-refractivity contribution in [3.8, 4) is 0 Å². The summed E-state index contributed by atoms with van der Waals surface area (Å²) in [7, 11) is 0.397. The van der Waals surface area contributed by atoms with Gasteiger partial charge in [-0.2, -0.15) is 35.3 Å². The minimum Gasteiger partial charge on any atom is -0.356 e. The molecule has 15 heteroatoms. The Balaban J connectivity index is 0.000000423. The molecule has 50 heavy (non-hydrogen) atoms. The van der Waals surface area contributed by atoms with Crippen molar-refractivity contribution in [1.82, 2.24) is 20.9 Å². The van der Waals surface area contributed by atoms with E-state index in [4.69, 9.17) is 4.11 Å². The molecule has 2 saturated heterocycles. The molecule has 5 amide bonds. The van der Waals surface area contributed by atoms with Crippen molar-refractivity contribution in [2.24, 2.45) is 0 Å². The number of thioether (sulfide) groups is 3. The van der Waals surface area contributed by atoms with E-state index in [0.29, 0.717) is 62.0 Å². The number of ketones is 2. The lowest BCUT2D eigenvalue weighted by Crippen LogP contribution is -2.35. The van der Waals surface area contributed by atoms with Gasteiger partial charge in [0.1, 0.15) is 5.78 Å². The third-order valence-electron chi connectivity index (χ3n) is 7.51. The Labute approximate surface area is 314 Å². The lowest BCUT2D eigenvalue weighted by atomic mass is 10.1. The SMILES string of the molecule is [2H]CCCCNC(=O)CCN1C(=O)CC(SC)C1=O.[2H]CNCCCC(=O)CSC.[2H]CNCCCC(=O)c1ccc(N2C(=O)CC(SC)C2=O)cc1. The molecule has 0 spiro atoms. The van der Waals surface area contributed by atoms with Gasteiger partial charge < -0.3 is 16.0 Å². The molecule has 12 nitrogen and oxygen atoms in total. The number of hydrogen-bond donors (Lipinski definition) is 3. The maximum absolute atomic E-state index is 12.2. The fourth-order valence-corrected chi connectivity index (χ4v) is 6.46. The van der Waals surface area contributed by atoms with Crippen LogP contribution in [0.5, 0.6) is 0 Å². The van der Waals surface area contributed by atoms with Crippen LogP contribution in [0, 0.1) is 0 Å². The summed E-state index contributed by atoms with van der Waals surface area (Å²) in [6.45, 7) is 2.50. The maximum Gasteiger partial charge on any atom is 0.247 e. The van der Waals surface area contributed by atoms with Gasteiger partial charge in [0.25, 0.3) is 0 Å². The average molecular weight is 757 g/mol. The first-order valence-corrected chi connectivity index (χ1v) is 20.4. The highest BCUT2D eigenvalue weighted by Gasteiger charge is 2.39. The van der Waals surface area contributed by atoms with E-state index in [9.17, 15) is 33.6 Å². The molecule has 0 radical (unpaired) electrons. The maximum atomic E-state index is 12.2. The molecule has 0 saturated carbocycles. The predicted molar refractivity (Wildman–Crippen MR) is 206 cm³/mol. The highest BCUT2D eigenvalue weighted by molar-refractivity contribution is 8.00. The van der Waals surface area contributed by atoms with Gasteiger partial charge in [-0.25, -0.2) is 4.90 Å². The monoisotopic (exact) mass is 756 g/mol. The second-order valence-electron chi connectivity index (χ2n) is 11.3. The first-order chi connectivity index (χ1) is 25.5. The van der Waals surface area contributed by atoms with Gasteiger partial charge in [0.15, 0.2) is 5.78 Å². The number of likely N-dealkylation sites (tertiary alicyclic amines) is 1. The Morgan fingerprint density at radius 1 is 0.800 bits per heavy atom. The minimum absolute atomic E-state index is 0.0180. The standard InChI is InChI=1S/C16H20N2O3S.C12H20N2O3S.C7H15NOS/c1-17-9-3-4-13(19)11-5-7-12(8-6-11)18-15(20)10-14(22-2)16(18)21;1-3-4-6-13-10(15)5-7-14-11(16)8-9(18-2)12(14)17;1-8-5-3-4-7(9)6-10-2/h5-8,14,17H,3-4,9-10H2,1-2H3;9H,3-8H2,1-2H3,(H,13,15);8H,3-6H2,1-2H3/i3*1D. The van der Waals surface area contributed by atoms with Gasteiger partial charge in [0.05, 0.1) is 21.9 Å². The van der Waals surface area contributed by atoms with Crippen molar-refractivity contribution in [2.75, 3.05) is 69.6 Å². The first-order valence-electron chi connectivity index (χ1n) is 18.6. The molecule has 2 unspecified atom stereocenters. The predicted octanol–water partition coefficient (Wildman–Crippen LogP) is 3.57. The van der Waals surface area contributed by atoms with Crippen molar-refractivity contribution in [3.63, 3.8) is 0 Å². The van der Waals surface area contributed by atoms with E-state index >= 15 is 0 Å². The summed E-state index contributed by atoms with van der Waals surface area (Å²) in [6, 6.07) is 6.60. The lowest BCUT2D eigenvalue weighted by molar-refractivity contribution is -0.138. The van der Waals surface area contributed by atoms with E-state index in [1.807, 2.05) is 12.5 Å². The summed E-state index contributed by atoms with van der Waals surface area (Å²) in [5, 5.41) is 7.83. The van der Waals surface area contributed by atoms with Crippen molar-refractivity contribution in [1.29, 1.82) is 0 Å². The zero-order valence-corrected chi connectivity index (χ0v) is 31.9. The highest BCUT2D eigenvalue weighted by Crippen LogP contribution is 2.28. The molecule has 280 valence electrons. The third kappa shape index (κ3) is 16.1. The number of hydrogen-bond acceptors (Lipinski definition) is 12. The lowest BCUT2D eigenvalue weighted by Gasteiger charge is -2.15. The highest BCUT2D eigenvalue weighted by atomic mass is 32.2. The average Bonchev–Trinajstić information content (AvgIpc) is 3.61. The molecule has 2 aliphatic rings. The molecular weight excluding hydrogens is 699 g/mol. The Morgan fingerprint density at radius 3 is 1.98 bits per heavy atom. The van der Waals surface area contributed by atoms with Crippen molar-refractivity contribution >= 4 is 82.1 Å². The van der Waals surface area contributed by atoms with Gasteiger partial charge in [0, 0.05) is 54.9 Å². The fourth-order valence-electron chi connectivity index (χ4n) is 4.74. The van der Waals surface area contributed by atoms with E-state index in [2.05, 4.69) is 16.0 Å². The van der Waals surface area contributed by atoms with Gasteiger partial charge in [0.2, 0.25) is 29.5 Å². The molecule has 3 N–H and O–H groups in total. The number of carbonyl (C=O) groups excluding carboxylic acids is 7. The van der Waals surface area contributed by atoms with Crippen LogP contribution in [0.4, 0.5) is 5.69 Å². The molecule has 2 aliphatic heterocycles. The molecule has 0 bridgehead atoms. The number of Topliss-reactive ketones (excluding diaryl/α,β-unsaturated/α-hetero) is 2. The van der Waals surface area contributed by atoms with Crippen LogP contribution in [-0.2, 0) is 28.8 Å². The second-order valence-corrected chi connectivity index (χ2v) is 14.2. The van der Waals surface area contributed by atoms with Crippen LogP contribution in [0.25, 0.3) is 0 Å². The van der Waals surface area contributed by atoms with E-state index in [1.165, 1.54) is 33.3 Å². The second kappa shape index (κ2) is 26.1. The van der Waals surface area contributed by atoms with Gasteiger partial charge >= 0.3 is 0 Å². The summed E-state index contributed by atoms with van der Waals surface area (Å²) in [4.78, 5) is 84.4. The van der Waals surface area contributed by atoms with Crippen LogP contribution >= 0.6 is 35.3 Å². The van der Waals surface area contributed by atoms with Crippen LogP contribution in [0.15, 0.2) is 24.3 Å². The Kier molecular flexibility index (Phi) is 20.9. The molecular formula is C35H55N5O7S3. The Hall–Kier alpha value is -2.72. The number of nitrogens with one attached hydrogen (secondary N) is 3. The van der Waals surface area contributed by atoms with Crippen LogP contribution in [0.3, 0.4) is 0 Å². The van der Waals surface area contributed by atoms with Gasteiger partial charge in [-0.05, 0) is 89.4 Å². The van der Waals surface area contributed by atoms with Crippen LogP contribution in [0.2, 0.25) is 0 Å². The van der Waals surface area contributed by atoms with E-state index in [1.54, 1.807) is 42.3 Å². The Morgan fingerprint density at radius 2 is 1.42 bits per heavy atom. The van der Waals surface area contributed by atoms with E-state index < -0.39 is 0 Å². The van der Waals surface area contributed by atoms with Gasteiger partial charge in [-0.3, -0.25) is 38.5 Å². The summed E-state index contributed by atoms with van der Waals surface area (Å²) >= 11 is 4.32. The number of amides is 5. The van der Waals surface area contributed by atoms with Crippen molar-refractivity contribution < 1.29 is 37.7 Å². The van der Waals surface area contributed by atoms with E-state index in [-0.39, 0.29) is 85.7 Å². The number of unbranched alkanes of at least 4 members (excludes halogenated alkanes) is 1. The molecule has 0 aliphatic carbocycles. The van der Waals surface area contributed by atoms with Crippen LogP contribution in [0.1, 0.15) is 79.2 Å². The number of carbonyl (C=O) groups is 7. The summed E-state index contributed by atoms with van der Waals surface area (Å²) < 4.78 is 20.7. The zero-order valence-electron chi connectivity index (χ0n) is 32.5. The zero-order chi connectivity index (χ0) is 39.6. The molecule has 2 heterocycles. The quantitative estimate of drug-likeness (QED) is 0.101. The number of anilines is 1.